The Morgan fingerprint density at radius 2 is 1.90 bits per heavy atom. The summed E-state index contributed by atoms with van der Waals surface area (Å²) in [6, 6.07) is 9.74. The van der Waals surface area contributed by atoms with Crippen LogP contribution in [0.4, 0.5) is 0 Å². The Hall–Kier alpha value is -2.63. The van der Waals surface area contributed by atoms with Crippen LogP contribution in [0, 0.1) is 5.92 Å². The number of benzene rings is 1. The number of nitrogens with zero attached hydrogens (tertiary/aromatic N) is 1. The molecule has 6 nitrogen and oxygen atoms in total. The van der Waals surface area contributed by atoms with Gasteiger partial charge in [-0.2, -0.15) is 0 Å². The molecule has 1 aromatic carbocycles. The van der Waals surface area contributed by atoms with E-state index in [2.05, 4.69) is 10.5 Å². The minimum Gasteiger partial charge on any atom is -0.480 e. The van der Waals surface area contributed by atoms with Crippen molar-refractivity contribution in [3.05, 3.63) is 42.1 Å². The number of aliphatic carboxylic acids is 1. The summed E-state index contributed by atoms with van der Waals surface area (Å²) in [7, 11) is 0. The van der Waals surface area contributed by atoms with Crippen molar-refractivity contribution in [1.82, 2.24) is 10.5 Å². The summed E-state index contributed by atoms with van der Waals surface area (Å²) in [4.78, 5) is 23.1. The minimum absolute atomic E-state index is 0.0563. The Bertz CT molecular complexity index is 634. The van der Waals surface area contributed by atoms with Crippen molar-refractivity contribution in [2.75, 3.05) is 0 Å². The Labute approximate surface area is 121 Å². The minimum atomic E-state index is -1.08. The number of carboxylic acid groups (broad SMARTS) is 1. The summed E-state index contributed by atoms with van der Waals surface area (Å²) in [6.45, 7) is 3.44. The summed E-state index contributed by atoms with van der Waals surface area (Å²) >= 11 is 0. The van der Waals surface area contributed by atoms with Crippen molar-refractivity contribution in [3.8, 4) is 11.3 Å². The highest BCUT2D eigenvalue weighted by molar-refractivity contribution is 5.95. The van der Waals surface area contributed by atoms with Gasteiger partial charge in [0, 0.05) is 11.6 Å². The lowest BCUT2D eigenvalue weighted by atomic mass is 10.0. The zero-order chi connectivity index (χ0) is 15.4. The molecule has 0 saturated carbocycles. The summed E-state index contributed by atoms with van der Waals surface area (Å²) in [5, 5.41) is 15.2. The fourth-order valence-corrected chi connectivity index (χ4v) is 1.85. The zero-order valence-corrected chi connectivity index (χ0v) is 11.7. The van der Waals surface area contributed by atoms with E-state index in [9.17, 15) is 9.59 Å². The number of carbonyl (C=O) groups is 2. The first-order valence-electron chi connectivity index (χ1n) is 6.55. The van der Waals surface area contributed by atoms with Crippen LogP contribution in [-0.2, 0) is 4.79 Å². The second kappa shape index (κ2) is 6.21. The molecule has 0 bridgehead atoms. The molecule has 6 heteroatoms. The second-order valence-electron chi connectivity index (χ2n) is 4.98. The molecule has 1 heterocycles. The Morgan fingerprint density at radius 3 is 2.48 bits per heavy atom. The van der Waals surface area contributed by atoms with Crippen LogP contribution in [0.25, 0.3) is 11.3 Å². The van der Waals surface area contributed by atoms with Crippen LogP contribution < -0.4 is 5.32 Å². The van der Waals surface area contributed by atoms with E-state index in [-0.39, 0.29) is 11.6 Å². The first kappa shape index (κ1) is 14.8. The number of carbonyl (C=O) groups excluding carboxylic acids is 1. The van der Waals surface area contributed by atoms with Gasteiger partial charge in [0.25, 0.3) is 5.91 Å². The summed E-state index contributed by atoms with van der Waals surface area (Å²) in [6.07, 6.45) is 0. The van der Waals surface area contributed by atoms with E-state index in [4.69, 9.17) is 9.63 Å². The molecule has 1 aromatic heterocycles. The molecular formula is C15H16N2O4. The molecule has 0 radical (unpaired) electrons. The van der Waals surface area contributed by atoms with Crippen LogP contribution in [-0.4, -0.2) is 28.2 Å². The lowest BCUT2D eigenvalue weighted by Gasteiger charge is -2.16. The SMILES string of the molecule is CC(C)C(NC(=O)c1cc(-c2ccccc2)on1)C(=O)O. The molecular weight excluding hydrogens is 272 g/mol. The largest absolute Gasteiger partial charge is 0.480 e. The molecule has 1 amide bonds. The highest BCUT2D eigenvalue weighted by Gasteiger charge is 2.25. The van der Waals surface area contributed by atoms with Gasteiger partial charge >= 0.3 is 5.97 Å². The van der Waals surface area contributed by atoms with Crippen molar-refractivity contribution < 1.29 is 19.2 Å². The number of hydrogen-bond donors (Lipinski definition) is 2. The third kappa shape index (κ3) is 3.47. The highest BCUT2D eigenvalue weighted by Crippen LogP contribution is 2.19. The predicted molar refractivity (Wildman–Crippen MR) is 75.7 cm³/mol. The van der Waals surface area contributed by atoms with Crippen LogP contribution in [0.3, 0.4) is 0 Å². The average molecular weight is 288 g/mol. The number of amides is 1. The Morgan fingerprint density at radius 1 is 1.24 bits per heavy atom. The Kier molecular flexibility index (Phi) is 4.37. The quantitative estimate of drug-likeness (QED) is 0.879. The topological polar surface area (TPSA) is 92.4 Å². The third-order valence-corrected chi connectivity index (χ3v) is 3.02. The number of rotatable bonds is 5. The van der Waals surface area contributed by atoms with E-state index in [1.807, 2.05) is 30.3 Å². The first-order valence-corrected chi connectivity index (χ1v) is 6.55. The van der Waals surface area contributed by atoms with Gasteiger partial charge in [0.2, 0.25) is 0 Å². The standard InChI is InChI=1S/C15H16N2O4/c1-9(2)13(15(19)20)16-14(18)11-8-12(21-17-11)10-6-4-3-5-7-10/h3-9,13H,1-2H3,(H,16,18)(H,19,20). The van der Waals surface area contributed by atoms with Crippen LogP contribution in [0.5, 0.6) is 0 Å². The molecule has 2 aromatic rings. The molecule has 0 aliphatic carbocycles. The zero-order valence-electron chi connectivity index (χ0n) is 11.7. The molecule has 0 fully saturated rings. The highest BCUT2D eigenvalue weighted by atomic mass is 16.5. The lowest BCUT2D eigenvalue weighted by Crippen LogP contribution is -2.44. The van der Waals surface area contributed by atoms with Crippen molar-refractivity contribution in [2.45, 2.75) is 19.9 Å². The smallest absolute Gasteiger partial charge is 0.326 e. The van der Waals surface area contributed by atoms with E-state index >= 15 is 0 Å². The number of carboxylic acids is 1. The van der Waals surface area contributed by atoms with E-state index in [0.29, 0.717) is 5.76 Å². The maximum atomic E-state index is 12.0. The van der Waals surface area contributed by atoms with Crippen molar-refractivity contribution in [2.24, 2.45) is 5.92 Å². The third-order valence-electron chi connectivity index (χ3n) is 3.02. The molecule has 0 saturated heterocycles. The van der Waals surface area contributed by atoms with Crippen molar-refractivity contribution >= 4 is 11.9 Å². The van der Waals surface area contributed by atoms with Crippen molar-refractivity contribution in [3.63, 3.8) is 0 Å². The van der Waals surface area contributed by atoms with Gasteiger partial charge in [-0.05, 0) is 5.92 Å². The molecule has 1 atom stereocenters. The van der Waals surface area contributed by atoms with E-state index in [1.54, 1.807) is 13.8 Å². The molecule has 1 unspecified atom stereocenters. The van der Waals surface area contributed by atoms with Crippen LogP contribution in [0.2, 0.25) is 0 Å². The second-order valence-corrected chi connectivity index (χ2v) is 4.98. The van der Waals surface area contributed by atoms with Gasteiger partial charge in [-0.25, -0.2) is 4.79 Å². The average Bonchev–Trinajstić information content (AvgIpc) is 2.94. The summed E-state index contributed by atoms with van der Waals surface area (Å²) in [5.74, 6) is -1.42. The Balaban J connectivity index is 2.14. The number of hydrogen-bond acceptors (Lipinski definition) is 4. The van der Waals surface area contributed by atoms with Crippen molar-refractivity contribution in [1.29, 1.82) is 0 Å². The summed E-state index contributed by atoms with van der Waals surface area (Å²) < 4.78 is 5.12. The normalized spacial score (nSPS) is 12.1. The molecule has 2 rings (SSSR count). The maximum absolute atomic E-state index is 12.0. The number of aromatic nitrogens is 1. The maximum Gasteiger partial charge on any atom is 0.326 e. The van der Waals surface area contributed by atoms with Gasteiger partial charge in [0.15, 0.2) is 11.5 Å². The number of nitrogens with one attached hydrogen (secondary N) is 1. The lowest BCUT2D eigenvalue weighted by molar-refractivity contribution is -0.140. The molecule has 0 spiro atoms. The van der Waals surface area contributed by atoms with Gasteiger partial charge in [-0.1, -0.05) is 49.3 Å². The first-order chi connectivity index (χ1) is 9.99. The predicted octanol–water partition coefficient (Wildman–Crippen LogP) is 2.18. The molecule has 2 N–H and O–H groups in total. The van der Waals surface area contributed by atoms with Gasteiger partial charge < -0.3 is 14.9 Å². The van der Waals surface area contributed by atoms with Gasteiger partial charge in [-0.15, -0.1) is 0 Å². The molecule has 0 aliphatic heterocycles. The van der Waals surface area contributed by atoms with E-state index in [0.717, 1.165) is 5.56 Å². The van der Waals surface area contributed by atoms with E-state index in [1.165, 1.54) is 6.07 Å². The van der Waals surface area contributed by atoms with Crippen LogP contribution >= 0.6 is 0 Å². The molecule has 21 heavy (non-hydrogen) atoms. The van der Waals surface area contributed by atoms with Gasteiger partial charge in [-0.3, -0.25) is 4.79 Å². The van der Waals surface area contributed by atoms with Gasteiger partial charge in [0.1, 0.15) is 6.04 Å². The van der Waals surface area contributed by atoms with E-state index < -0.39 is 17.9 Å². The monoisotopic (exact) mass is 288 g/mol. The van der Waals surface area contributed by atoms with Crippen LogP contribution in [0.15, 0.2) is 40.9 Å². The fraction of sp³-hybridized carbons (Fsp3) is 0.267. The fourth-order valence-electron chi connectivity index (χ4n) is 1.85. The van der Waals surface area contributed by atoms with Crippen LogP contribution in [0.1, 0.15) is 24.3 Å². The van der Waals surface area contributed by atoms with Gasteiger partial charge in [0.05, 0.1) is 0 Å². The molecule has 110 valence electrons. The molecule has 0 aliphatic rings. The summed E-state index contributed by atoms with van der Waals surface area (Å²) in [5.41, 5.74) is 0.850.